The number of carbonyl (C=O) groups excluding carboxylic acids is 4. The molecule has 0 aliphatic rings. The molecule has 0 spiro atoms. The summed E-state index contributed by atoms with van der Waals surface area (Å²) in [6.45, 7) is 10.4. The van der Waals surface area contributed by atoms with Gasteiger partial charge in [-0.15, -0.1) is 6.42 Å². The number of primary amides is 1. The first-order chi connectivity index (χ1) is 19.1. The maximum atomic E-state index is 14.3. The van der Waals surface area contributed by atoms with Crippen molar-refractivity contribution < 1.29 is 28.7 Å². The Morgan fingerprint density at radius 2 is 1.63 bits per heavy atom. The summed E-state index contributed by atoms with van der Waals surface area (Å²) in [6, 6.07) is 10.8. The zero-order valence-electron chi connectivity index (χ0n) is 24.7. The second-order valence-corrected chi connectivity index (χ2v) is 11.1. The van der Waals surface area contributed by atoms with Gasteiger partial charge in [-0.2, -0.15) is 0 Å². The van der Waals surface area contributed by atoms with Gasteiger partial charge in [-0.3, -0.25) is 14.4 Å². The normalized spacial score (nSPS) is 12.7. The van der Waals surface area contributed by atoms with Gasteiger partial charge in [0.15, 0.2) is 0 Å². The van der Waals surface area contributed by atoms with Gasteiger partial charge in [0.05, 0.1) is 13.5 Å². The van der Waals surface area contributed by atoms with Crippen LogP contribution in [0.5, 0.6) is 5.75 Å². The van der Waals surface area contributed by atoms with Crippen molar-refractivity contribution >= 4 is 29.5 Å². The highest BCUT2D eigenvalue weighted by Gasteiger charge is 2.44. The third-order valence-electron chi connectivity index (χ3n) is 6.42. The SMILES string of the molecule is C#Cc1ccccc1C(C(=O)Nc1ccc(OC)cc1)N(C(=O)C(CC(N)=O)NC(=O)OC(C)(C)C)C(C)(C)CC. The Morgan fingerprint density at radius 1 is 1.02 bits per heavy atom. The number of rotatable bonds is 11. The summed E-state index contributed by atoms with van der Waals surface area (Å²) in [5.74, 6) is 1.11. The predicted octanol–water partition coefficient (Wildman–Crippen LogP) is 4.14. The van der Waals surface area contributed by atoms with E-state index in [-0.39, 0.29) is 0 Å². The van der Waals surface area contributed by atoms with E-state index in [2.05, 4.69) is 16.6 Å². The standard InChI is InChI=1S/C31H40N4O6/c1-9-20-13-11-12-14-23(20)26(27(37)33-21-15-17-22(40-8)18-16-21)35(31(6,7)10-2)28(38)24(19-25(32)36)34-29(39)41-30(3,4)5/h1,11-18,24,26H,10,19H2,2-8H3,(H2,32,36)(H,33,37)(H,34,39). The van der Waals surface area contributed by atoms with Crippen LogP contribution in [-0.2, 0) is 19.1 Å². The van der Waals surface area contributed by atoms with Crippen molar-refractivity contribution in [3.05, 3.63) is 59.7 Å². The van der Waals surface area contributed by atoms with Gasteiger partial charge < -0.3 is 30.7 Å². The van der Waals surface area contributed by atoms with Gasteiger partial charge in [-0.05, 0) is 76.9 Å². The molecule has 0 saturated heterocycles. The van der Waals surface area contributed by atoms with Gasteiger partial charge >= 0.3 is 6.09 Å². The Kier molecular flexibility index (Phi) is 10.9. The molecule has 2 aromatic carbocycles. The van der Waals surface area contributed by atoms with Crippen LogP contribution < -0.4 is 21.1 Å². The number of benzene rings is 2. The Morgan fingerprint density at radius 3 is 2.15 bits per heavy atom. The second-order valence-electron chi connectivity index (χ2n) is 11.1. The van der Waals surface area contributed by atoms with Crippen molar-refractivity contribution in [3.8, 4) is 18.1 Å². The molecular formula is C31H40N4O6. The lowest BCUT2D eigenvalue weighted by Crippen LogP contribution is -2.59. The van der Waals surface area contributed by atoms with Crippen molar-refractivity contribution in [1.82, 2.24) is 10.2 Å². The van der Waals surface area contributed by atoms with Crippen molar-refractivity contribution in [2.24, 2.45) is 5.73 Å². The molecule has 0 aliphatic heterocycles. The van der Waals surface area contributed by atoms with Gasteiger partial charge in [0.1, 0.15) is 23.4 Å². The van der Waals surface area contributed by atoms with Gasteiger partial charge in [0.2, 0.25) is 11.8 Å². The molecule has 0 radical (unpaired) electrons. The fraction of sp³-hybridized carbons (Fsp3) is 0.419. The van der Waals surface area contributed by atoms with Gasteiger partial charge in [0.25, 0.3) is 5.91 Å². The van der Waals surface area contributed by atoms with Crippen LogP contribution in [0.1, 0.15) is 71.6 Å². The summed E-state index contributed by atoms with van der Waals surface area (Å²) in [6.07, 6.45) is 4.80. The smallest absolute Gasteiger partial charge is 0.408 e. The molecule has 0 fully saturated rings. The monoisotopic (exact) mass is 564 g/mol. The lowest BCUT2D eigenvalue weighted by molar-refractivity contribution is -0.148. The number of hydrogen-bond donors (Lipinski definition) is 3. The zero-order valence-corrected chi connectivity index (χ0v) is 24.7. The summed E-state index contributed by atoms with van der Waals surface area (Å²) in [5.41, 5.74) is 4.92. The van der Waals surface area contributed by atoms with Crippen LogP contribution >= 0.6 is 0 Å². The van der Waals surface area contributed by atoms with Crippen molar-refractivity contribution in [2.45, 2.75) is 77.6 Å². The van der Waals surface area contributed by atoms with Crippen LogP contribution in [0, 0.1) is 12.3 Å². The number of alkyl carbamates (subject to hydrolysis) is 1. The Hall–Kier alpha value is -4.52. The van der Waals surface area contributed by atoms with E-state index in [4.69, 9.17) is 21.6 Å². The Balaban J connectivity index is 2.69. The van der Waals surface area contributed by atoms with E-state index in [0.29, 0.717) is 29.0 Å². The molecule has 2 unspecified atom stereocenters. The highest BCUT2D eigenvalue weighted by atomic mass is 16.6. The topological polar surface area (TPSA) is 140 Å². The molecule has 4 amide bonds. The Labute approximate surface area is 241 Å². The molecule has 2 aromatic rings. The van der Waals surface area contributed by atoms with Gasteiger partial charge in [0, 0.05) is 16.8 Å². The van der Waals surface area contributed by atoms with E-state index in [1.165, 1.54) is 12.0 Å². The molecule has 220 valence electrons. The molecule has 10 heteroatoms. The highest BCUT2D eigenvalue weighted by molar-refractivity contribution is 6.00. The zero-order chi connectivity index (χ0) is 31.0. The molecule has 0 bridgehead atoms. The molecule has 4 N–H and O–H groups in total. The van der Waals surface area contributed by atoms with E-state index in [0.717, 1.165) is 0 Å². The molecule has 2 atom stereocenters. The summed E-state index contributed by atoms with van der Waals surface area (Å²) >= 11 is 0. The Bertz CT molecular complexity index is 1290. The highest BCUT2D eigenvalue weighted by Crippen LogP contribution is 2.34. The minimum Gasteiger partial charge on any atom is -0.497 e. The number of methoxy groups -OCH3 is 1. The maximum absolute atomic E-state index is 14.3. The maximum Gasteiger partial charge on any atom is 0.408 e. The van der Waals surface area contributed by atoms with Crippen LogP contribution in [0.2, 0.25) is 0 Å². The number of nitrogens with two attached hydrogens (primary N) is 1. The van der Waals surface area contributed by atoms with Crippen molar-refractivity contribution in [1.29, 1.82) is 0 Å². The molecule has 41 heavy (non-hydrogen) atoms. The first-order valence-electron chi connectivity index (χ1n) is 13.2. The van der Waals surface area contributed by atoms with E-state index in [1.807, 2.05) is 6.92 Å². The number of hydrogen-bond acceptors (Lipinski definition) is 6. The third-order valence-corrected chi connectivity index (χ3v) is 6.42. The minimum atomic E-state index is -1.41. The van der Waals surface area contributed by atoms with E-state index >= 15 is 0 Å². The molecule has 10 nitrogen and oxygen atoms in total. The molecular weight excluding hydrogens is 524 g/mol. The molecule has 0 aliphatic carbocycles. The van der Waals surface area contributed by atoms with Crippen LogP contribution in [0.15, 0.2) is 48.5 Å². The van der Waals surface area contributed by atoms with Crippen molar-refractivity contribution in [3.63, 3.8) is 0 Å². The fourth-order valence-corrected chi connectivity index (χ4v) is 4.11. The number of nitrogens with zero attached hydrogens (tertiary/aromatic N) is 1. The van der Waals surface area contributed by atoms with Crippen molar-refractivity contribution in [2.75, 3.05) is 12.4 Å². The summed E-state index contributed by atoms with van der Waals surface area (Å²) < 4.78 is 10.5. The van der Waals surface area contributed by atoms with Crippen LogP contribution in [-0.4, -0.2) is 53.0 Å². The minimum absolute atomic E-state index is 0.394. The molecule has 0 heterocycles. The van der Waals surface area contributed by atoms with Crippen LogP contribution in [0.25, 0.3) is 0 Å². The van der Waals surface area contributed by atoms with E-state index in [1.54, 1.807) is 83.1 Å². The molecule has 0 aromatic heterocycles. The third kappa shape index (κ3) is 9.00. The van der Waals surface area contributed by atoms with Gasteiger partial charge in [-0.1, -0.05) is 31.0 Å². The lowest BCUT2D eigenvalue weighted by Gasteiger charge is -2.44. The van der Waals surface area contributed by atoms with E-state index in [9.17, 15) is 19.2 Å². The summed E-state index contributed by atoms with van der Waals surface area (Å²) in [7, 11) is 1.53. The summed E-state index contributed by atoms with van der Waals surface area (Å²) in [5, 5.41) is 5.34. The van der Waals surface area contributed by atoms with Gasteiger partial charge in [-0.25, -0.2) is 4.79 Å². The fourth-order valence-electron chi connectivity index (χ4n) is 4.11. The lowest BCUT2D eigenvalue weighted by atomic mass is 9.90. The number of carbonyl (C=O) groups is 4. The number of amides is 4. The first-order valence-corrected chi connectivity index (χ1v) is 13.2. The quantitative estimate of drug-likeness (QED) is 0.351. The summed E-state index contributed by atoms with van der Waals surface area (Å²) in [4.78, 5) is 54.5. The average Bonchev–Trinajstić information content (AvgIpc) is 2.89. The number of anilines is 1. The number of terminal acetylenes is 1. The van der Waals surface area contributed by atoms with Crippen LogP contribution in [0.4, 0.5) is 10.5 Å². The average molecular weight is 565 g/mol. The second kappa shape index (κ2) is 13.7. The van der Waals surface area contributed by atoms with Crippen LogP contribution in [0.3, 0.4) is 0 Å². The molecule has 2 rings (SSSR count). The molecule has 0 saturated carbocycles. The first kappa shape index (κ1) is 32.7. The number of nitrogens with one attached hydrogen (secondary N) is 2. The predicted molar refractivity (Wildman–Crippen MR) is 157 cm³/mol. The number of ether oxygens (including phenoxy) is 2. The largest absolute Gasteiger partial charge is 0.497 e. The van der Waals surface area contributed by atoms with E-state index < -0.39 is 53.5 Å².